The molecule has 0 saturated heterocycles. The van der Waals surface area contributed by atoms with Gasteiger partial charge >= 0.3 is 5.97 Å². The topological polar surface area (TPSA) is 90.7 Å². The number of allylic oxidation sites excluding steroid dienone is 1. The lowest BCUT2D eigenvalue weighted by Crippen LogP contribution is -2.68. The largest absolute Gasteiger partial charge is 0.457 e. The summed E-state index contributed by atoms with van der Waals surface area (Å²) in [6.45, 7) is 4.81. The predicted molar refractivity (Wildman–Crippen MR) is 128 cm³/mol. The first-order chi connectivity index (χ1) is 17.4. The Kier molecular flexibility index (Phi) is 6.09. The van der Waals surface area contributed by atoms with E-state index >= 15 is 8.78 Å². The molecule has 4 aliphatic carbocycles. The van der Waals surface area contributed by atoms with Crippen molar-refractivity contribution in [2.45, 2.75) is 70.3 Å². The normalized spacial score (nSPS) is 42.9. The van der Waals surface area contributed by atoms with Crippen LogP contribution in [0.1, 0.15) is 63.4 Å². The summed E-state index contributed by atoms with van der Waals surface area (Å²) in [5.74, 6) is -4.45. The molecule has 0 spiro atoms. The molecule has 1 aromatic rings. The van der Waals surface area contributed by atoms with E-state index < -0.39 is 81.1 Å². The number of carbonyl (C=O) groups is 4. The lowest BCUT2D eigenvalue weighted by Gasteiger charge is -2.61. The molecular formula is C27H29F3O6S. The van der Waals surface area contributed by atoms with Crippen LogP contribution in [0.2, 0.25) is 0 Å². The number of ether oxygens (including phenoxy) is 1. The Labute approximate surface area is 216 Å². The number of halogens is 3. The Balaban J connectivity index is 1.61. The van der Waals surface area contributed by atoms with Gasteiger partial charge in [0.25, 0.3) is 0 Å². The Morgan fingerprint density at radius 1 is 1.19 bits per heavy atom. The molecular weight excluding hydrogens is 509 g/mol. The second-order valence-electron chi connectivity index (χ2n) is 11.3. The average Bonchev–Trinajstić information content (AvgIpc) is 3.45. The highest BCUT2D eigenvalue weighted by Gasteiger charge is 2.77. The van der Waals surface area contributed by atoms with E-state index in [9.17, 15) is 23.6 Å². The van der Waals surface area contributed by atoms with Gasteiger partial charge in [-0.2, -0.15) is 0 Å². The minimum absolute atomic E-state index is 0.0417. The molecule has 1 heterocycles. The van der Waals surface area contributed by atoms with Gasteiger partial charge in [-0.3, -0.25) is 14.4 Å². The zero-order chi connectivity index (χ0) is 27.0. The van der Waals surface area contributed by atoms with E-state index in [4.69, 9.17) is 9.15 Å². The van der Waals surface area contributed by atoms with E-state index in [-0.39, 0.29) is 37.0 Å². The molecule has 1 aromatic heterocycles. The van der Waals surface area contributed by atoms with Crippen molar-refractivity contribution >= 4 is 34.4 Å². The molecule has 3 saturated carbocycles. The minimum Gasteiger partial charge on any atom is -0.457 e. The van der Waals surface area contributed by atoms with Crippen LogP contribution in [0.25, 0.3) is 0 Å². The van der Waals surface area contributed by atoms with Gasteiger partial charge in [0.05, 0.1) is 18.1 Å². The molecule has 0 aliphatic heterocycles. The van der Waals surface area contributed by atoms with E-state index in [1.54, 1.807) is 13.8 Å². The zero-order valence-corrected chi connectivity index (χ0v) is 21.7. The Morgan fingerprint density at radius 3 is 2.57 bits per heavy atom. The SMILES string of the molecule is CC1C[C@H]2[C@@H]3CC(F)C4=CC(=O)CC(=O)[C@]4(C)C3(F)CC[C@]2(C)C1(OC(=O)c1ccco1)C(=O)SCF. The highest BCUT2D eigenvalue weighted by Crippen LogP contribution is 2.72. The van der Waals surface area contributed by atoms with Crippen LogP contribution in [0.3, 0.4) is 0 Å². The fraction of sp³-hybridized carbons (Fsp3) is 0.630. The molecule has 0 bridgehead atoms. The number of hydrogen-bond donors (Lipinski definition) is 0. The smallest absolute Gasteiger partial charge is 0.375 e. The first-order valence-electron chi connectivity index (χ1n) is 12.5. The second kappa shape index (κ2) is 8.58. The van der Waals surface area contributed by atoms with Crippen LogP contribution in [-0.4, -0.2) is 46.1 Å². The molecule has 200 valence electrons. The number of carbonyl (C=O) groups excluding carboxylic acids is 4. The Morgan fingerprint density at radius 2 is 1.92 bits per heavy atom. The van der Waals surface area contributed by atoms with Gasteiger partial charge < -0.3 is 9.15 Å². The van der Waals surface area contributed by atoms with E-state index in [1.807, 2.05) is 0 Å². The van der Waals surface area contributed by atoms with Crippen LogP contribution < -0.4 is 0 Å². The Bertz CT molecular complexity index is 1200. The second-order valence-corrected chi connectivity index (χ2v) is 12.1. The fourth-order valence-electron chi connectivity index (χ4n) is 8.07. The highest BCUT2D eigenvalue weighted by molar-refractivity contribution is 8.13. The Hall–Kier alpha value is -2.36. The molecule has 10 heteroatoms. The maximum absolute atomic E-state index is 17.3. The predicted octanol–water partition coefficient (Wildman–Crippen LogP) is 5.36. The van der Waals surface area contributed by atoms with Crippen LogP contribution in [0, 0.1) is 28.6 Å². The monoisotopic (exact) mass is 538 g/mol. The van der Waals surface area contributed by atoms with Gasteiger partial charge in [-0.15, -0.1) is 0 Å². The third-order valence-electron chi connectivity index (χ3n) is 9.93. The third-order valence-corrected chi connectivity index (χ3v) is 10.6. The number of alkyl halides is 3. The van der Waals surface area contributed by atoms with E-state index in [1.165, 1.54) is 25.3 Å². The van der Waals surface area contributed by atoms with Crippen molar-refractivity contribution in [1.29, 1.82) is 0 Å². The number of Topliss-reactive ketones (excluding diaryl/α,β-unsaturated/α-hetero) is 1. The highest BCUT2D eigenvalue weighted by atomic mass is 32.2. The average molecular weight is 539 g/mol. The van der Waals surface area contributed by atoms with E-state index in [2.05, 4.69) is 0 Å². The molecule has 0 amide bonds. The summed E-state index contributed by atoms with van der Waals surface area (Å²) >= 11 is 0.390. The number of hydrogen-bond acceptors (Lipinski definition) is 7. The maximum Gasteiger partial charge on any atom is 0.375 e. The molecule has 8 atom stereocenters. The van der Waals surface area contributed by atoms with Crippen LogP contribution in [0.4, 0.5) is 13.2 Å². The van der Waals surface area contributed by atoms with Crippen LogP contribution in [0.15, 0.2) is 34.5 Å². The summed E-state index contributed by atoms with van der Waals surface area (Å²) in [6, 6.07) is 1.84. The van der Waals surface area contributed by atoms with Crippen molar-refractivity contribution in [1.82, 2.24) is 0 Å². The van der Waals surface area contributed by atoms with Crippen molar-refractivity contribution in [3.8, 4) is 0 Å². The van der Waals surface area contributed by atoms with Crippen LogP contribution >= 0.6 is 11.8 Å². The van der Waals surface area contributed by atoms with Gasteiger partial charge in [-0.25, -0.2) is 18.0 Å². The van der Waals surface area contributed by atoms with Gasteiger partial charge in [0.2, 0.25) is 10.9 Å². The summed E-state index contributed by atoms with van der Waals surface area (Å²) in [7, 11) is 0. The maximum atomic E-state index is 17.3. The van der Waals surface area contributed by atoms with Gasteiger partial charge in [0.1, 0.15) is 17.8 Å². The molecule has 3 fully saturated rings. The van der Waals surface area contributed by atoms with E-state index in [0.29, 0.717) is 11.8 Å². The van der Waals surface area contributed by atoms with Crippen molar-refractivity contribution in [3.05, 3.63) is 35.8 Å². The number of ketones is 2. The molecule has 5 rings (SSSR count). The number of fused-ring (bicyclic) bond motifs is 5. The molecule has 4 aliphatic rings. The van der Waals surface area contributed by atoms with Gasteiger partial charge in [0.15, 0.2) is 17.2 Å². The number of rotatable bonds is 4. The van der Waals surface area contributed by atoms with E-state index in [0.717, 1.165) is 6.08 Å². The molecule has 6 nitrogen and oxygen atoms in total. The summed E-state index contributed by atoms with van der Waals surface area (Å²) < 4.78 is 57.5. The molecule has 4 unspecified atom stereocenters. The van der Waals surface area contributed by atoms with Crippen molar-refractivity contribution in [3.63, 3.8) is 0 Å². The first-order valence-corrected chi connectivity index (χ1v) is 13.5. The van der Waals surface area contributed by atoms with Crippen LogP contribution in [0.5, 0.6) is 0 Å². The molecule has 37 heavy (non-hydrogen) atoms. The van der Waals surface area contributed by atoms with Crippen molar-refractivity contribution < 1.29 is 41.5 Å². The molecule has 0 radical (unpaired) electrons. The first kappa shape index (κ1) is 26.3. The standard InChI is InChI=1S/C27H29F3O6S/c1-14-9-16-17-12-19(29)18-10-15(31)11-21(32)25(18,3)26(17,30)7-6-24(16,2)27(14,23(34)37-13-28)36-22(33)20-5-4-8-35-20/h4-5,8,10,14,16-17,19H,6-7,9,11-13H2,1-3H3/t14?,16-,17-,19?,24-,25+,26?,27?/m0/s1. The quantitative estimate of drug-likeness (QED) is 0.377. The van der Waals surface area contributed by atoms with Crippen molar-refractivity contribution in [2.24, 2.45) is 28.6 Å². The summed E-state index contributed by atoms with van der Waals surface area (Å²) in [5.41, 5.74) is -7.03. The van der Waals surface area contributed by atoms with Gasteiger partial charge in [-0.05, 0) is 74.1 Å². The number of esters is 1. The number of furan rings is 1. The minimum atomic E-state index is -2.15. The summed E-state index contributed by atoms with van der Waals surface area (Å²) in [4.78, 5) is 51.9. The molecule has 0 N–H and O–H groups in total. The fourth-order valence-corrected chi connectivity index (χ4v) is 8.86. The summed E-state index contributed by atoms with van der Waals surface area (Å²) in [6.07, 6.45) is -0.0365. The lowest BCUT2D eigenvalue weighted by atomic mass is 9.44. The lowest BCUT2D eigenvalue weighted by molar-refractivity contribution is -0.189. The van der Waals surface area contributed by atoms with Crippen LogP contribution in [-0.2, 0) is 19.1 Å². The van der Waals surface area contributed by atoms with Gasteiger partial charge in [0, 0.05) is 17.3 Å². The summed E-state index contributed by atoms with van der Waals surface area (Å²) in [5, 5.41) is -0.683. The zero-order valence-electron chi connectivity index (χ0n) is 20.9. The van der Waals surface area contributed by atoms with Gasteiger partial charge in [-0.1, -0.05) is 13.8 Å². The van der Waals surface area contributed by atoms with Crippen molar-refractivity contribution in [2.75, 3.05) is 6.01 Å². The third kappa shape index (κ3) is 3.26. The number of thioether (sulfide) groups is 1. The molecule has 0 aromatic carbocycles.